The van der Waals surface area contributed by atoms with Gasteiger partial charge in [-0.15, -0.1) is 0 Å². The molecular weight excluding hydrogens is 503 g/mol. The number of likely N-dealkylation sites (N-methyl/N-ethyl adjacent to an activating group) is 1. The number of allylic oxidation sites excluding steroid dienone is 2. The van der Waals surface area contributed by atoms with Gasteiger partial charge in [-0.05, 0) is 61.7 Å². The standard InChI is InChI=1S/C28H35ClF3N3O2/c1-18(10-11-23(19(2)29)27(37)34(3)4)35-14-12-20(13-15-35)24-16-22(24)17-33-26(36)25(28(30,31)32)21-8-6-5-7-9-21/h5-11,20,22,24-25H,1,12-17H2,2-4H3,(H,33,36)/b11-10-,23-19-. The largest absolute Gasteiger partial charge is 0.404 e. The number of rotatable bonds is 9. The number of nitrogens with one attached hydrogen (secondary N) is 1. The van der Waals surface area contributed by atoms with Gasteiger partial charge in [0.1, 0.15) is 0 Å². The van der Waals surface area contributed by atoms with Gasteiger partial charge >= 0.3 is 6.18 Å². The van der Waals surface area contributed by atoms with Crippen molar-refractivity contribution in [2.45, 2.75) is 38.3 Å². The van der Waals surface area contributed by atoms with E-state index in [-0.39, 0.29) is 23.9 Å². The van der Waals surface area contributed by atoms with Gasteiger partial charge in [-0.1, -0.05) is 48.5 Å². The zero-order valence-corrected chi connectivity index (χ0v) is 22.3. The third kappa shape index (κ3) is 7.63. The molecule has 0 radical (unpaired) electrons. The lowest BCUT2D eigenvalue weighted by atomic mass is 9.90. The van der Waals surface area contributed by atoms with Crippen molar-refractivity contribution in [3.8, 4) is 0 Å². The number of nitrogens with zero attached hydrogens (tertiary/aromatic N) is 2. The van der Waals surface area contributed by atoms with Gasteiger partial charge in [0.05, 0.1) is 5.57 Å². The third-order valence-corrected chi connectivity index (χ3v) is 7.44. The molecule has 1 heterocycles. The van der Waals surface area contributed by atoms with Crippen molar-refractivity contribution in [3.63, 3.8) is 0 Å². The number of hydrogen-bond donors (Lipinski definition) is 1. The maximum Gasteiger partial charge on any atom is 0.404 e. The average molecular weight is 538 g/mol. The quantitative estimate of drug-likeness (QED) is 0.336. The van der Waals surface area contributed by atoms with Gasteiger partial charge in [-0.3, -0.25) is 9.59 Å². The Bertz CT molecular complexity index is 1040. The Morgan fingerprint density at radius 1 is 1.19 bits per heavy atom. The number of carbonyl (C=O) groups is 2. The van der Waals surface area contributed by atoms with Crippen LogP contribution < -0.4 is 5.32 Å². The van der Waals surface area contributed by atoms with E-state index in [0.29, 0.717) is 22.4 Å². The van der Waals surface area contributed by atoms with E-state index < -0.39 is 18.0 Å². The van der Waals surface area contributed by atoms with Crippen LogP contribution in [0.4, 0.5) is 13.2 Å². The minimum atomic E-state index is -4.64. The predicted molar refractivity (Wildman–Crippen MR) is 140 cm³/mol. The second kappa shape index (κ2) is 12.2. The fraction of sp³-hybridized carbons (Fsp3) is 0.500. The van der Waals surface area contributed by atoms with Crippen LogP contribution in [0, 0.1) is 17.8 Å². The van der Waals surface area contributed by atoms with E-state index in [9.17, 15) is 22.8 Å². The summed E-state index contributed by atoms with van der Waals surface area (Å²) < 4.78 is 40.7. The molecule has 3 unspecified atom stereocenters. The Morgan fingerprint density at radius 2 is 1.81 bits per heavy atom. The minimum absolute atomic E-state index is 0.0450. The summed E-state index contributed by atoms with van der Waals surface area (Å²) in [7, 11) is 3.34. The summed E-state index contributed by atoms with van der Waals surface area (Å²) in [6.45, 7) is 7.71. The molecule has 3 rings (SSSR count). The normalized spacial score (nSPS) is 21.9. The van der Waals surface area contributed by atoms with Crippen LogP contribution >= 0.6 is 11.6 Å². The van der Waals surface area contributed by atoms with E-state index in [1.165, 1.54) is 29.2 Å². The summed E-state index contributed by atoms with van der Waals surface area (Å²) in [5.41, 5.74) is 1.18. The van der Waals surface area contributed by atoms with Gasteiger partial charge in [-0.25, -0.2) is 0 Å². The molecule has 2 amide bonds. The number of carbonyl (C=O) groups excluding carboxylic acids is 2. The van der Waals surface area contributed by atoms with Gasteiger partial charge in [-0.2, -0.15) is 13.2 Å². The molecule has 9 heteroatoms. The first kappa shape index (κ1) is 28.8. The van der Waals surface area contributed by atoms with Gasteiger partial charge in [0.15, 0.2) is 5.92 Å². The molecule has 0 aromatic heterocycles. The van der Waals surface area contributed by atoms with Gasteiger partial charge in [0.25, 0.3) is 5.91 Å². The van der Waals surface area contributed by atoms with E-state index in [1.807, 2.05) is 6.08 Å². The fourth-order valence-electron chi connectivity index (χ4n) is 5.03. The first-order valence-electron chi connectivity index (χ1n) is 12.5. The molecule has 0 spiro atoms. The van der Waals surface area contributed by atoms with Crippen LogP contribution in [-0.4, -0.2) is 61.5 Å². The molecular formula is C28H35ClF3N3O2. The number of hydrogen-bond acceptors (Lipinski definition) is 3. The van der Waals surface area contributed by atoms with Gasteiger partial charge in [0, 0.05) is 44.5 Å². The second-order valence-corrected chi connectivity index (χ2v) is 10.7. The second-order valence-electron chi connectivity index (χ2n) is 10.1. The molecule has 1 N–H and O–H groups in total. The van der Waals surface area contributed by atoms with E-state index >= 15 is 0 Å². The van der Waals surface area contributed by atoms with Crippen LogP contribution in [0.15, 0.2) is 65.4 Å². The summed E-state index contributed by atoms with van der Waals surface area (Å²) in [6, 6.07) is 7.31. The van der Waals surface area contributed by atoms with E-state index in [1.54, 1.807) is 33.2 Å². The molecule has 202 valence electrons. The third-order valence-electron chi connectivity index (χ3n) is 7.24. The lowest BCUT2D eigenvalue weighted by Crippen LogP contribution is -2.39. The Labute approximate surface area is 222 Å². The van der Waals surface area contributed by atoms with Crippen LogP contribution in [0.25, 0.3) is 0 Å². The summed E-state index contributed by atoms with van der Waals surface area (Å²) in [6.07, 6.45) is 1.68. The summed E-state index contributed by atoms with van der Waals surface area (Å²) in [5.74, 6) is -2.22. The highest BCUT2D eigenvalue weighted by Crippen LogP contribution is 2.48. The average Bonchev–Trinajstić information content (AvgIpc) is 3.62. The number of likely N-dealkylation sites (tertiary alicyclic amines) is 1. The fourth-order valence-corrected chi connectivity index (χ4v) is 5.17. The Morgan fingerprint density at radius 3 is 2.35 bits per heavy atom. The highest BCUT2D eigenvalue weighted by Gasteiger charge is 2.47. The smallest absolute Gasteiger partial charge is 0.372 e. The molecule has 1 aromatic carbocycles. The van der Waals surface area contributed by atoms with Crippen molar-refractivity contribution in [2.75, 3.05) is 33.7 Å². The summed E-state index contributed by atoms with van der Waals surface area (Å²) >= 11 is 6.10. The number of benzene rings is 1. The van der Waals surface area contributed by atoms with Crippen molar-refractivity contribution in [1.82, 2.24) is 15.1 Å². The molecule has 1 aliphatic heterocycles. The van der Waals surface area contributed by atoms with Crippen molar-refractivity contribution in [1.29, 1.82) is 0 Å². The van der Waals surface area contributed by atoms with Crippen molar-refractivity contribution < 1.29 is 22.8 Å². The van der Waals surface area contributed by atoms with Crippen LogP contribution in [0.3, 0.4) is 0 Å². The van der Waals surface area contributed by atoms with Crippen molar-refractivity contribution in [3.05, 3.63) is 70.9 Å². The highest BCUT2D eigenvalue weighted by molar-refractivity contribution is 6.31. The van der Waals surface area contributed by atoms with Crippen LogP contribution in [-0.2, 0) is 9.59 Å². The number of amides is 2. The number of piperidine rings is 1. The maximum atomic E-state index is 13.6. The molecule has 3 atom stereocenters. The topological polar surface area (TPSA) is 52.7 Å². The summed E-state index contributed by atoms with van der Waals surface area (Å²) in [5, 5.41) is 2.98. The molecule has 1 saturated heterocycles. The number of halogens is 4. The lowest BCUT2D eigenvalue weighted by Gasteiger charge is -2.34. The van der Waals surface area contributed by atoms with Crippen LogP contribution in [0.2, 0.25) is 0 Å². The predicted octanol–water partition coefficient (Wildman–Crippen LogP) is 5.47. The Balaban J connectivity index is 1.47. The first-order chi connectivity index (χ1) is 17.4. The van der Waals surface area contributed by atoms with E-state index in [2.05, 4.69) is 16.8 Å². The zero-order valence-electron chi connectivity index (χ0n) is 21.5. The monoisotopic (exact) mass is 537 g/mol. The summed E-state index contributed by atoms with van der Waals surface area (Å²) in [4.78, 5) is 28.4. The molecule has 2 fully saturated rings. The van der Waals surface area contributed by atoms with Crippen molar-refractivity contribution >= 4 is 23.4 Å². The lowest BCUT2D eigenvalue weighted by molar-refractivity contribution is -0.165. The van der Waals surface area contributed by atoms with E-state index in [0.717, 1.165) is 38.0 Å². The molecule has 1 aromatic rings. The maximum absolute atomic E-state index is 13.6. The van der Waals surface area contributed by atoms with Gasteiger partial charge < -0.3 is 15.1 Å². The highest BCUT2D eigenvalue weighted by atomic mass is 35.5. The molecule has 1 aliphatic carbocycles. The number of alkyl halides is 3. The Hall–Kier alpha value is -2.74. The molecule has 2 aliphatic rings. The van der Waals surface area contributed by atoms with Crippen molar-refractivity contribution in [2.24, 2.45) is 17.8 Å². The Kier molecular flexibility index (Phi) is 9.51. The first-order valence-corrected chi connectivity index (χ1v) is 12.9. The van der Waals surface area contributed by atoms with Crippen LogP contribution in [0.5, 0.6) is 0 Å². The SMILES string of the molecule is C=C(/C=C\C(C(=O)N(C)C)=C(/C)Cl)N1CCC(C2CC2CNC(=O)C(c2ccccc2)C(F)(F)F)CC1. The molecule has 37 heavy (non-hydrogen) atoms. The van der Waals surface area contributed by atoms with E-state index in [4.69, 9.17) is 11.6 Å². The minimum Gasteiger partial charge on any atom is -0.372 e. The molecule has 1 saturated carbocycles. The van der Waals surface area contributed by atoms with Crippen LogP contribution in [0.1, 0.15) is 37.7 Å². The zero-order chi connectivity index (χ0) is 27.3. The van der Waals surface area contributed by atoms with Gasteiger partial charge in [0.2, 0.25) is 5.91 Å². The molecule has 0 bridgehead atoms. The molecule has 5 nitrogen and oxygen atoms in total.